The molecule has 2 fully saturated rings. The van der Waals surface area contributed by atoms with Crippen molar-refractivity contribution < 1.29 is 14.7 Å². The van der Waals surface area contributed by atoms with Gasteiger partial charge in [-0.15, -0.1) is 0 Å². The van der Waals surface area contributed by atoms with Crippen LogP contribution in [0.3, 0.4) is 0 Å². The van der Waals surface area contributed by atoms with Gasteiger partial charge >= 0.3 is 5.97 Å². The molecule has 0 aromatic carbocycles. The van der Waals surface area contributed by atoms with Crippen molar-refractivity contribution in [3.63, 3.8) is 0 Å². The number of rotatable bonds is 11. The third-order valence-electron chi connectivity index (χ3n) is 7.37. The van der Waals surface area contributed by atoms with Crippen molar-refractivity contribution in [3.8, 4) is 0 Å². The van der Waals surface area contributed by atoms with Gasteiger partial charge in [0, 0.05) is 18.8 Å². The topological polar surface area (TPSA) is 54.4 Å². The number of aliphatic carboxylic acids is 1. The van der Waals surface area contributed by atoms with Gasteiger partial charge in [0.15, 0.2) is 0 Å². The third kappa shape index (κ3) is 5.82. The summed E-state index contributed by atoms with van der Waals surface area (Å²) < 4.78 is 0. The standard InChI is InChI=1S/C23H40O3/c1-4-5-14-23(2,3)18-12-13-19-17(15-18)16-21(24)20(19)10-8-6-7-9-11-22(25)26/h17-20H,4-16H2,1-3H3,(H,25,26)/t17-,18+,19+,20-/m1/s1. The largest absolute Gasteiger partial charge is 0.481 e. The Kier molecular flexibility index (Phi) is 8.16. The number of carbonyl (C=O) groups excluding carboxylic acids is 1. The first-order valence-electron chi connectivity index (χ1n) is 11.1. The minimum absolute atomic E-state index is 0.280. The molecule has 3 nitrogen and oxygen atoms in total. The lowest BCUT2D eigenvalue weighted by molar-refractivity contribution is -0.137. The maximum atomic E-state index is 12.6. The van der Waals surface area contributed by atoms with Crippen LogP contribution in [-0.4, -0.2) is 16.9 Å². The smallest absolute Gasteiger partial charge is 0.303 e. The van der Waals surface area contributed by atoms with E-state index in [0.29, 0.717) is 29.0 Å². The molecule has 2 saturated carbocycles. The van der Waals surface area contributed by atoms with E-state index < -0.39 is 5.97 Å². The maximum absolute atomic E-state index is 12.6. The second-order valence-electron chi connectivity index (χ2n) is 9.65. The van der Waals surface area contributed by atoms with Gasteiger partial charge in [-0.1, -0.05) is 52.9 Å². The van der Waals surface area contributed by atoms with Crippen LogP contribution in [0.5, 0.6) is 0 Å². The highest BCUT2D eigenvalue weighted by Gasteiger charge is 2.46. The van der Waals surface area contributed by atoms with E-state index in [1.165, 1.54) is 38.5 Å². The first kappa shape index (κ1) is 21.4. The van der Waals surface area contributed by atoms with E-state index >= 15 is 0 Å². The molecule has 3 heteroatoms. The van der Waals surface area contributed by atoms with E-state index in [-0.39, 0.29) is 6.42 Å². The fourth-order valence-electron chi connectivity index (χ4n) is 5.62. The van der Waals surface area contributed by atoms with Crippen molar-refractivity contribution in [1.29, 1.82) is 0 Å². The first-order chi connectivity index (χ1) is 12.3. The van der Waals surface area contributed by atoms with Gasteiger partial charge in [-0.25, -0.2) is 0 Å². The number of unbranched alkanes of at least 4 members (excludes halogenated alkanes) is 4. The first-order valence-corrected chi connectivity index (χ1v) is 11.1. The van der Waals surface area contributed by atoms with Gasteiger partial charge in [-0.2, -0.15) is 0 Å². The summed E-state index contributed by atoms with van der Waals surface area (Å²) in [7, 11) is 0. The number of ketones is 1. The predicted octanol–water partition coefficient (Wildman–Crippen LogP) is 6.25. The highest BCUT2D eigenvalue weighted by Crippen LogP contribution is 2.52. The monoisotopic (exact) mass is 364 g/mol. The van der Waals surface area contributed by atoms with Crippen molar-refractivity contribution in [2.45, 2.75) is 104 Å². The molecule has 0 aliphatic heterocycles. The lowest BCUT2D eigenvalue weighted by atomic mass is 9.63. The Balaban J connectivity index is 1.77. The summed E-state index contributed by atoms with van der Waals surface area (Å²) in [6, 6.07) is 0. The molecule has 26 heavy (non-hydrogen) atoms. The molecule has 0 radical (unpaired) electrons. The normalized spacial score (nSPS) is 29.0. The van der Waals surface area contributed by atoms with Crippen LogP contribution in [0.4, 0.5) is 0 Å². The number of carbonyl (C=O) groups is 2. The van der Waals surface area contributed by atoms with Crippen molar-refractivity contribution in [2.24, 2.45) is 29.1 Å². The predicted molar refractivity (Wildman–Crippen MR) is 106 cm³/mol. The van der Waals surface area contributed by atoms with E-state index in [2.05, 4.69) is 20.8 Å². The molecule has 0 saturated heterocycles. The quantitative estimate of drug-likeness (QED) is 0.441. The molecule has 0 aromatic rings. The number of Topliss-reactive ketones (excluding diaryl/α,β-unsaturated/α-hetero) is 1. The molecule has 0 unspecified atom stereocenters. The van der Waals surface area contributed by atoms with Crippen LogP contribution in [0.2, 0.25) is 0 Å². The number of carboxylic acid groups (broad SMARTS) is 1. The lowest BCUT2D eigenvalue weighted by Gasteiger charge is -2.42. The molecule has 2 aliphatic carbocycles. The average Bonchev–Trinajstić information content (AvgIpc) is 2.90. The fourth-order valence-corrected chi connectivity index (χ4v) is 5.62. The molecule has 150 valence electrons. The van der Waals surface area contributed by atoms with E-state index in [9.17, 15) is 9.59 Å². The number of carboxylic acids is 1. The molecular formula is C23H40O3. The second kappa shape index (κ2) is 9.90. The van der Waals surface area contributed by atoms with Crippen molar-refractivity contribution in [2.75, 3.05) is 0 Å². The van der Waals surface area contributed by atoms with Gasteiger partial charge < -0.3 is 5.11 Å². The molecule has 0 bridgehead atoms. The molecule has 2 rings (SSSR count). The summed E-state index contributed by atoms with van der Waals surface area (Å²) in [6.07, 6.45) is 13.8. The Bertz CT molecular complexity index is 468. The Hall–Kier alpha value is -0.860. The summed E-state index contributed by atoms with van der Waals surface area (Å²) in [5, 5.41) is 8.69. The summed E-state index contributed by atoms with van der Waals surface area (Å²) in [5.41, 5.74) is 0.423. The molecule has 2 aliphatic rings. The molecule has 0 aromatic heterocycles. The number of fused-ring (bicyclic) bond motifs is 1. The molecule has 0 spiro atoms. The third-order valence-corrected chi connectivity index (χ3v) is 7.37. The van der Waals surface area contributed by atoms with Crippen molar-refractivity contribution in [1.82, 2.24) is 0 Å². The average molecular weight is 365 g/mol. The molecule has 4 atom stereocenters. The minimum atomic E-state index is -0.697. The molecule has 1 N–H and O–H groups in total. The van der Waals surface area contributed by atoms with Crippen LogP contribution in [0.25, 0.3) is 0 Å². The molecular weight excluding hydrogens is 324 g/mol. The van der Waals surface area contributed by atoms with Gasteiger partial charge in [-0.05, 0) is 61.7 Å². The van der Waals surface area contributed by atoms with Crippen molar-refractivity contribution >= 4 is 11.8 Å². The number of hydrogen-bond donors (Lipinski definition) is 1. The Morgan fingerprint density at radius 1 is 1.12 bits per heavy atom. The van der Waals surface area contributed by atoms with Gasteiger partial charge in [0.1, 0.15) is 5.78 Å². The Labute approximate surface area is 160 Å². The van der Waals surface area contributed by atoms with Crippen LogP contribution in [-0.2, 0) is 9.59 Å². The zero-order chi connectivity index (χ0) is 19.2. The summed E-state index contributed by atoms with van der Waals surface area (Å²) in [5.74, 6) is 2.20. The SMILES string of the molecule is CCCCC(C)(C)[C@H]1CC[C@H]2[C@@H](CC(=O)[C@@H]2CCCCCCC(=O)O)C1. The second-order valence-corrected chi connectivity index (χ2v) is 9.65. The summed E-state index contributed by atoms with van der Waals surface area (Å²) in [6.45, 7) is 7.16. The Morgan fingerprint density at radius 2 is 1.85 bits per heavy atom. The lowest BCUT2D eigenvalue weighted by Crippen LogP contribution is -2.33. The molecule has 0 heterocycles. The fraction of sp³-hybridized carbons (Fsp3) is 0.913. The van der Waals surface area contributed by atoms with Gasteiger partial charge in [0.25, 0.3) is 0 Å². The number of hydrogen-bond acceptors (Lipinski definition) is 2. The maximum Gasteiger partial charge on any atom is 0.303 e. The zero-order valence-corrected chi connectivity index (χ0v) is 17.3. The van der Waals surface area contributed by atoms with Gasteiger partial charge in [0.2, 0.25) is 0 Å². The van der Waals surface area contributed by atoms with Crippen LogP contribution >= 0.6 is 0 Å². The van der Waals surface area contributed by atoms with Gasteiger partial charge in [0.05, 0.1) is 0 Å². The van der Waals surface area contributed by atoms with E-state index in [4.69, 9.17) is 5.11 Å². The van der Waals surface area contributed by atoms with E-state index in [0.717, 1.165) is 44.4 Å². The van der Waals surface area contributed by atoms with Crippen molar-refractivity contribution in [3.05, 3.63) is 0 Å². The molecule has 0 amide bonds. The minimum Gasteiger partial charge on any atom is -0.481 e. The van der Waals surface area contributed by atoms with Crippen LogP contribution in [0.1, 0.15) is 104 Å². The van der Waals surface area contributed by atoms with Gasteiger partial charge in [-0.3, -0.25) is 9.59 Å². The zero-order valence-electron chi connectivity index (χ0n) is 17.3. The Morgan fingerprint density at radius 3 is 2.54 bits per heavy atom. The highest BCUT2D eigenvalue weighted by molar-refractivity contribution is 5.83. The summed E-state index contributed by atoms with van der Waals surface area (Å²) in [4.78, 5) is 23.2. The van der Waals surface area contributed by atoms with E-state index in [1.54, 1.807) is 0 Å². The van der Waals surface area contributed by atoms with E-state index in [1.807, 2.05) is 0 Å². The van der Waals surface area contributed by atoms with Crippen LogP contribution in [0, 0.1) is 29.1 Å². The summed E-state index contributed by atoms with van der Waals surface area (Å²) >= 11 is 0. The van der Waals surface area contributed by atoms with Crippen LogP contribution < -0.4 is 0 Å². The highest BCUT2D eigenvalue weighted by atomic mass is 16.4. The van der Waals surface area contributed by atoms with Crippen LogP contribution in [0.15, 0.2) is 0 Å².